The third-order valence-electron chi connectivity index (χ3n) is 4.62. The van der Waals surface area contributed by atoms with Crippen molar-refractivity contribution in [3.63, 3.8) is 0 Å². The number of carbonyl (C=O) groups excluding carboxylic acids is 1. The molecule has 2 aromatic carbocycles. The zero-order valence-corrected chi connectivity index (χ0v) is 14.8. The predicted octanol–water partition coefficient (Wildman–Crippen LogP) is 1.22. The maximum Gasteiger partial charge on any atom is 0.223 e. The number of rotatable bonds is 7. The van der Waals surface area contributed by atoms with Crippen molar-refractivity contribution in [2.24, 2.45) is 11.7 Å². The topological polar surface area (TPSA) is 129 Å². The van der Waals surface area contributed by atoms with Gasteiger partial charge in [-0.2, -0.15) is 0 Å². The van der Waals surface area contributed by atoms with Gasteiger partial charge >= 0.3 is 0 Å². The van der Waals surface area contributed by atoms with Crippen LogP contribution in [0.4, 0.5) is 0 Å². The molecular formula is C20H23N3O4. The van der Waals surface area contributed by atoms with Crippen LogP contribution in [-0.4, -0.2) is 40.9 Å². The molecule has 1 fully saturated rings. The van der Waals surface area contributed by atoms with Crippen LogP contribution in [0.25, 0.3) is 11.1 Å². The normalized spacial score (nSPS) is 19.1. The maximum atomic E-state index is 11.8. The van der Waals surface area contributed by atoms with E-state index in [0.717, 1.165) is 11.1 Å². The lowest BCUT2D eigenvalue weighted by Crippen LogP contribution is -2.31. The molecule has 27 heavy (non-hydrogen) atoms. The molecule has 7 nitrogen and oxygen atoms in total. The summed E-state index contributed by atoms with van der Waals surface area (Å²) in [5, 5.41) is 28.3. The molecule has 6 N–H and O–H groups in total. The molecule has 1 amide bonds. The first-order valence-corrected chi connectivity index (χ1v) is 8.76. The van der Waals surface area contributed by atoms with E-state index in [-0.39, 0.29) is 30.1 Å². The van der Waals surface area contributed by atoms with E-state index in [1.807, 2.05) is 48.5 Å². The van der Waals surface area contributed by atoms with E-state index in [2.05, 4.69) is 5.32 Å². The summed E-state index contributed by atoms with van der Waals surface area (Å²) in [6, 6.07) is 14.9. The predicted molar refractivity (Wildman–Crippen MR) is 101 cm³/mol. The van der Waals surface area contributed by atoms with Gasteiger partial charge in [-0.3, -0.25) is 10.2 Å². The second-order valence-corrected chi connectivity index (χ2v) is 6.68. The van der Waals surface area contributed by atoms with Crippen molar-refractivity contribution in [1.29, 1.82) is 5.41 Å². The van der Waals surface area contributed by atoms with E-state index in [1.165, 1.54) is 0 Å². The Morgan fingerprint density at radius 2 is 1.74 bits per heavy atom. The summed E-state index contributed by atoms with van der Waals surface area (Å²) in [4.78, 5) is 11.8. The summed E-state index contributed by atoms with van der Waals surface area (Å²) < 4.78 is 5.75. The molecule has 1 aliphatic heterocycles. The smallest absolute Gasteiger partial charge is 0.223 e. The van der Waals surface area contributed by atoms with E-state index in [0.29, 0.717) is 24.3 Å². The van der Waals surface area contributed by atoms with Crippen molar-refractivity contribution >= 4 is 11.7 Å². The fourth-order valence-electron chi connectivity index (χ4n) is 3.18. The summed E-state index contributed by atoms with van der Waals surface area (Å²) >= 11 is 0. The van der Waals surface area contributed by atoms with Gasteiger partial charge in [0.2, 0.25) is 5.91 Å². The van der Waals surface area contributed by atoms with Gasteiger partial charge in [0.05, 0.1) is 6.04 Å². The first kappa shape index (κ1) is 18.9. The average molecular weight is 369 g/mol. The third-order valence-corrected chi connectivity index (χ3v) is 4.62. The Kier molecular flexibility index (Phi) is 5.73. The van der Waals surface area contributed by atoms with E-state index in [1.54, 1.807) is 0 Å². The van der Waals surface area contributed by atoms with Gasteiger partial charge in [0.15, 0.2) is 6.29 Å². The Labute approximate surface area is 157 Å². The Morgan fingerprint density at radius 3 is 2.30 bits per heavy atom. The molecule has 0 aliphatic carbocycles. The number of aliphatic hydroxyl groups excluding tert-OH is 1. The first-order valence-electron chi connectivity index (χ1n) is 8.76. The number of hydrogen-bond acceptors (Lipinski definition) is 5. The summed E-state index contributed by atoms with van der Waals surface area (Å²) in [6.07, 6.45) is -0.909. The summed E-state index contributed by atoms with van der Waals surface area (Å²) in [7, 11) is 0. The fraction of sp³-hybridized carbons (Fsp3) is 0.300. The van der Waals surface area contributed by atoms with Crippen LogP contribution in [0.2, 0.25) is 0 Å². The number of nitrogens with two attached hydrogens (primary N) is 1. The SMILES string of the molecule is N=C(N)c1ccc(-c2ccc(OCC3CC(CC(O)O)C(=O)N3)cc2)cc1. The molecule has 0 saturated carbocycles. The number of amidine groups is 1. The largest absolute Gasteiger partial charge is 0.491 e. The molecule has 142 valence electrons. The van der Waals surface area contributed by atoms with Crippen molar-refractivity contribution in [2.75, 3.05) is 6.61 Å². The van der Waals surface area contributed by atoms with Crippen molar-refractivity contribution < 1.29 is 19.7 Å². The van der Waals surface area contributed by atoms with Crippen LogP contribution < -0.4 is 15.8 Å². The molecule has 7 heteroatoms. The number of aliphatic hydroxyl groups is 2. The van der Waals surface area contributed by atoms with Crippen molar-refractivity contribution in [1.82, 2.24) is 5.32 Å². The molecule has 1 saturated heterocycles. The summed E-state index contributed by atoms with van der Waals surface area (Å²) in [5.74, 6) is 0.180. The molecule has 3 rings (SSSR count). The van der Waals surface area contributed by atoms with Crippen molar-refractivity contribution in [2.45, 2.75) is 25.2 Å². The second-order valence-electron chi connectivity index (χ2n) is 6.68. The second kappa shape index (κ2) is 8.20. The van der Waals surface area contributed by atoms with Crippen LogP contribution in [0.1, 0.15) is 18.4 Å². The van der Waals surface area contributed by atoms with Crippen LogP contribution in [0.5, 0.6) is 5.75 Å². The van der Waals surface area contributed by atoms with Crippen LogP contribution in [0, 0.1) is 11.3 Å². The van der Waals surface area contributed by atoms with Gasteiger partial charge in [-0.05, 0) is 29.7 Å². The van der Waals surface area contributed by atoms with Gasteiger partial charge in [0, 0.05) is 17.9 Å². The monoisotopic (exact) mass is 369 g/mol. The molecule has 0 aromatic heterocycles. The number of nitrogens with one attached hydrogen (secondary N) is 2. The van der Waals surface area contributed by atoms with Crippen LogP contribution in [-0.2, 0) is 4.79 Å². The fourth-order valence-corrected chi connectivity index (χ4v) is 3.18. The highest BCUT2D eigenvalue weighted by Gasteiger charge is 2.33. The number of carbonyl (C=O) groups is 1. The molecule has 2 aromatic rings. The minimum Gasteiger partial charge on any atom is -0.491 e. The van der Waals surface area contributed by atoms with E-state index < -0.39 is 6.29 Å². The highest BCUT2D eigenvalue weighted by molar-refractivity contribution is 5.95. The molecule has 2 unspecified atom stereocenters. The van der Waals surface area contributed by atoms with E-state index in [4.69, 9.17) is 26.1 Å². The molecule has 1 heterocycles. The maximum absolute atomic E-state index is 11.8. The number of ether oxygens (including phenoxy) is 1. The zero-order chi connectivity index (χ0) is 19.4. The van der Waals surface area contributed by atoms with E-state index >= 15 is 0 Å². The number of hydrogen-bond donors (Lipinski definition) is 5. The molecule has 0 radical (unpaired) electrons. The van der Waals surface area contributed by atoms with Crippen LogP contribution >= 0.6 is 0 Å². The highest BCUT2D eigenvalue weighted by atomic mass is 16.5. The van der Waals surface area contributed by atoms with Gasteiger partial charge in [0.1, 0.15) is 18.2 Å². The average Bonchev–Trinajstić information content (AvgIpc) is 2.99. The molecule has 0 spiro atoms. The Morgan fingerprint density at radius 1 is 1.15 bits per heavy atom. The summed E-state index contributed by atoms with van der Waals surface area (Å²) in [5.41, 5.74) is 8.18. The van der Waals surface area contributed by atoms with Gasteiger partial charge in [-0.1, -0.05) is 36.4 Å². The number of amides is 1. The number of benzene rings is 2. The first-order chi connectivity index (χ1) is 12.9. The quantitative estimate of drug-likeness (QED) is 0.285. The van der Waals surface area contributed by atoms with Crippen LogP contribution in [0.15, 0.2) is 48.5 Å². The molecule has 0 bridgehead atoms. The van der Waals surface area contributed by atoms with E-state index in [9.17, 15) is 4.79 Å². The van der Waals surface area contributed by atoms with Crippen molar-refractivity contribution in [3.05, 3.63) is 54.1 Å². The van der Waals surface area contributed by atoms with Crippen molar-refractivity contribution in [3.8, 4) is 16.9 Å². The zero-order valence-electron chi connectivity index (χ0n) is 14.8. The van der Waals surface area contributed by atoms with Gasteiger partial charge < -0.3 is 26.0 Å². The summed E-state index contributed by atoms with van der Waals surface area (Å²) in [6.45, 7) is 0.330. The third kappa shape index (κ3) is 4.84. The minimum absolute atomic E-state index is 0.0411. The Hall–Kier alpha value is -2.90. The number of nitrogen functional groups attached to an aromatic ring is 1. The van der Waals surface area contributed by atoms with Gasteiger partial charge in [-0.15, -0.1) is 0 Å². The lowest BCUT2D eigenvalue weighted by molar-refractivity contribution is -0.126. The van der Waals surface area contributed by atoms with Gasteiger partial charge in [-0.25, -0.2) is 0 Å². The molecule has 1 aliphatic rings. The van der Waals surface area contributed by atoms with Crippen LogP contribution in [0.3, 0.4) is 0 Å². The Bertz CT molecular complexity index is 803. The highest BCUT2D eigenvalue weighted by Crippen LogP contribution is 2.24. The molecule has 2 atom stereocenters. The standard InChI is InChI=1S/C20H23N3O4/c21-19(22)14-3-1-12(2-4-14)13-5-7-17(8-6-13)27-11-16-9-15(10-18(24)25)20(26)23-16/h1-8,15-16,18,24-25H,9-11H2,(H3,21,22)(H,23,26). The Balaban J connectivity index is 1.55. The minimum atomic E-state index is -1.47. The lowest BCUT2D eigenvalue weighted by atomic mass is 10.0. The molecular weight excluding hydrogens is 346 g/mol. The lowest BCUT2D eigenvalue weighted by Gasteiger charge is -2.13. The van der Waals surface area contributed by atoms with Gasteiger partial charge in [0.25, 0.3) is 0 Å².